The van der Waals surface area contributed by atoms with Gasteiger partial charge in [0.15, 0.2) is 0 Å². The number of carbonyl (C=O) groups is 2. The average Bonchev–Trinajstić information content (AvgIpc) is 2.65. The summed E-state index contributed by atoms with van der Waals surface area (Å²) in [5.41, 5.74) is 4.05. The van der Waals surface area contributed by atoms with Crippen LogP contribution in [-0.4, -0.2) is 48.3 Å². The van der Waals surface area contributed by atoms with Crippen LogP contribution in [0.5, 0.6) is 0 Å². The van der Waals surface area contributed by atoms with Gasteiger partial charge < -0.3 is 20.4 Å². The summed E-state index contributed by atoms with van der Waals surface area (Å²) in [5.74, 6) is -3.65. The van der Waals surface area contributed by atoms with Gasteiger partial charge in [-0.1, -0.05) is 41.6 Å². The molecule has 0 bridgehead atoms. The standard InChI is InChI=1S/C18H22N2S.C2H2O4/c1-14-7-8-17(15(2)13-14)21-18-6-4-3-5-16(18)20-11-9-19-10-12-20;3-1(4)2(5)6/h3-8,13,19H,9-12H2,1-2H3;(H,3,4)(H,5,6). The van der Waals surface area contributed by atoms with Crippen molar-refractivity contribution in [3.63, 3.8) is 0 Å². The number of para-hydroxylation sites is 1. The maximum atomic E-state index is 9.10. The van der Waals surface area contributed by atoms with Crippen LogP contribution in [0, 0.1) is 13.8 Å². The van der Waals surface area contributed by atoms with Crippen molar-refractivity contribution in [2.24, 2.45) is 0 Å². The third-order valence-electron chi connectivity index (χ3n) is 4.06. The fourth-order valence-electron chi connectivity index (χ4n) is 2.74. The number of hydrogen-bond donors (Lipinski definition) is 3. The summed E-state index contributed by atoms with van der Waals surface area (Å²) in [6.07, 6.45) is 0. The summed E-state index contributed by atoms with van der Waals surface area (Å²) in [5, 5.41) is 18.2. The number of benzene rings is 2. The SMILES string of the molecule is Cc1ccc(Sc2ccccc2N2CCNCC2)c(C)c1.O=C(O)C(=O)O. The Morgan fingerprint density at radius 1 is 0.963 bits per heavy atom. The van der Waals surface area contributed by atoms with E-state index in [0.717, 1.165) is 26.2 Å². The first-order valence-corrected chi connectivity index (χ1v) is 9.46. The second kappa shape index (κ2) is 9.99. The van der Waals surface area contributed by atoms with E-state index in [1.54, 1.807) is 0 Å². The molecule has 0 radical (unpaired) electrons. The molecule has 0 saturated carbocycles. The van der Waals surface area contributed by atoms with Gasteiger partial charge in [-0.3, -0.25) is 0 Å². The minimum atomic E-state index is -1.82. The van der Waals surface area contributed by atoms with Crippen LogP contribution in [0.4, 0.5) is 5.69 Å². The van der Waals surface area contributed by atoms with Crippen molar-refractivity contribution in [1.82, 2.24) is 5.32 Å². The molecule has 0 amide bonds. The zero-order chi connectivity index (χ0) is 19.8. The summed E-state index contributed by atoms with van der Waals surface area (Å²) in [6, 6.07) is 15.5. The van der Waals surface area contributed by atoms with Crippen LogP contribution < -0.4 is 10.2 Å². The molecule has 1 aliphatic heterocycles. The second-order valence-corrected chi connectivity index (χ2v) is 7.27. The number of aryl methyl sites for hydroxylation is 2. The molecule has 0 spiro atoms. The predicted octanol–water partition coefficient (Wildman–Crippen LogP) is 3.02. The summed E-state index contributed by atoms with van der Waals surface area (Å²) in [4.78, 5) is 23.4. The molecule has 7 heteroatoms. The largest absolute Gasteiger partial charge is 0.473 e. The quantitative estimate of drug-likeness (QED) is 0.696. The first-order chi connectivity index (χ1) is 12.9. The van der Waals surface area contributed by atoms with E-state index in [4.69, 9.17) is 19.8 Å². The number of nitrogens with zero attached hydrogens (tertiary/aromatic N) is 1. The highest BCUT2D eigenvalue weighted by Gasteiger charge is 2.14. The number of hydrogen-bond acceptors (Lipinski definition) is 5. The zero-order valence-corrected chi connectivity index (χ0v) is 16.3. The number of aliphatic carboxylic acids is 2. The van der Waals surface area contributed by atoms with Crippen LogP contribution in [0.3, 0.4) is 0 Å². The molecule has 0 atom stereocenters. The first-order valence-electron chi connectivity index (χ1n) is 8.64. The van der Waals surface area contributed by atoms with E-state index in [0.29, 0.717) is 0 Å². The van der Waals surface area contributed by atoms with Crippen molar-refractivity contribution in [3.8, 4) is 0 Å². The lowest BCUT2D eigenvalue weighted by molar-refractivity contribution is -0.159. The van der Waals surface area contributed by atoms with Gasteiger partial charge in [0.2, 0.25) is 0 Å². The maximum Gasteiger partial charge on any atom is 0.414 e. The molecule has 0 aromatic heterocycles. The van der Waals surface area contributed by atoms with Crippen LogP contribution in [0.2, 0.25) is 0 Å². The summed E-state index contributed by atoms with van der Waals surface area (Å²) >= 11 is 1.88. The molecular weight excluding hydrogens is 364 g/mol. The van der Waals surface area contributed by atoms with Gasteiger partial charge in [-0.2, -0.15) is 0 Å². The highest BCUT2D eigenvalue weighted by atomic mass is 32.2. The molecule has 0 unspecified atom stereocenters. The molecule has 1 fully saturated rings. The van der Waals surface area contributed by atoms with Gasteiger partial charge in [0.1, 0.15) is 0 Å². The fourth-order valence-corrected chi connectivity index (χ4v) is 3.78. The van der Waals surface area contributed by atoms with Gasteiger partial charge in [-0.15, -0.1) is 0 Å². The van der Waals surface area contributed by atoms with Gasteiger partial charge in [-0.25, -0.2) is 9.59 Å². The lowest BCUT2D eigenvalue weighted by Crippen LogP contribution is -2.43. The third kappa shape index (κ3) is 6.30. The Hall–Kier alpha value is -2.51. The van der Waals surface area contributed by atoms with E-state index >= 15 is 0 Å². The minimum Gasteiger partial charge on any atom is -0.473 e. The summed E-state index contributed by atoms with van der Waals surface area (Å²) < 4.78 is 0. The highest BCUT2D eigenvalue weighted by Crippen LogP contribution is 2.37. The number of piperazine rings is 1. The number of anilines is 1. The topological polar surface area (TPSA) is 89.9 Å². The smallest absolute Gasteiger partial charge is 0.414 e. The lowest BCUT2D eigenvalue weighted by Gasteiger charge is -2.31. The molecule has 2 aromatic rings. The second-order valence-electron chi connectivity index (χ2n) is 6.19. The van der Waals surface area contributed by atoms with Crippen molar-refractivity contribution < 1.29 is 19.8 Å². The normalized spacial score (nSPS) is 13.5. The van der Waals surface area contributed by atoms with Gasteiger partial charge >= 0.3 is 11.9 Å². The van der Waals surface area contributed by atoms with Crippen molar-refractivity contribution in [2.45, 2.75) is 23.6 Å². The van der Waals surface area contributed by atoms with Crippen molar-refractivity contribution in [1.29, 1.82) is 0 Å². The van der Waals surface area contributed by atoms with E-state index in [2.05, 4.69) is 66.5 Å². The predicted molar refractivity (Wildman–Crippen MR) is 107 cm³/mol. The van der Waals surface area contributed by atoms with Gasteiger partial charge in [0, 0.05) is 36.0 Å². The number of carboxylic acid groups (broad SMARTS) is 2. The van der Waals surface area contributed by atoms with Crippen molar-refractivity contribution in [3.05, 3.63) is 53.6 Å². The van der Waals surface area contributed by atoms with Crippen LogP contribution in [0.25, 0.3) is 0 Å². The van der Waals surface area contributed by atoms with Crippen molar-refractivity contribution in [2.75, 3.05) is 31.1 Å². The van der Waals surface area contributed by atoms with Crippen LogP contribution in [0.15, 0.2) is 52.3 Å². The Morgan fingerprint density at radius 2 is 1.59 bits per heavy atom. The van der Waals surface area contributed by atoms with E-state index in [1.165, 1.54) is 26.6 Å². The Kier molecular flexibility index (Phi) is 7.69. The molecular formula is C20H24N2O4S. The Balaban J connectivity index is 0.000000380. The molecule has 1 heterocycles. The minimum absolute atomic E-state index is 1.07. The molecule has 2 aromatic carbocycles. The molecule has 1 aliphatic rings. The molecule has 144 valence electrons. The summed E-state index contributed by atoms with van der Waals surface area (Å²) in [6.45, 7) is 8.67. The van der Waals surface area contributed by atoms with E-state index < -0.39 is 11.9 Å². The van der Waals surface area contributed by atoms with Gasteiger partial charge in [0.05, 0.1) is 5.69 Å². The van der Waals surface area contributed by atoms with Crippen molar-refractivity contribution >= 4 is 29.4 Å². The molecule has 3 rings (SSSR count). The molecule has 1 saturated heterocycles. The number of carboxylic acids is 2. The highest BCUT2D eigenvalue weighted by molar-refractivity contribution is 7.99. The Bertz CT molecular complexity index is 792. The van der Waals surface area contributed by atoms with Crippen LogP contribution in [-0.2, 0) is 9.59 Å². The Morgan fingerprint density at radius 3 is 2.19 bits per heavy atom. The number of nitrogens with one attached hydrogen (secondary N) is 1. The van der Waals surface area contributed by atoms with E-state index in [-0.39, 0.29) is 0 Å². The zero-order valence-electron chi connectivity index (χ0n) is 15.4. The molecule has 6 nitrogen and oxygen atoms in total. The third-order valence-corrected chi connectivity index (χ3v) is 5.30. The Labute approximate surface area is 163 Å². The molecule has 0 aliphatic carbocycles. The molecule has 27 heavy (non-hydrogen) atoms. The average molecular weight is 388 g/mol. The van der Waals surface area contributed by atoms with Gasteiger partial charge in [0.25, 0.3) is 0 Å². The van der Waals surface area contributed by atoms with Crippen LogP contribution >= 0.6 is 11.8 Å². The van der Waals surface area contributed by atoms with E-state index in [1.807, 2.05) is 11.8 Å². The fraction of sp³-hybridized carbons (Fsp3) is 0.300. The maximum absolute atomic E-state index is 9.10. The van der Waals surface area contributed by atoms with Crippen LogP contribution in [0.1, 0.15) is 11.1 Å². The first kappa shape index (κ1) is 20.8. The van der Waals surface area contributed by atoms with Gasteiger partial charge in [-0.05, 0) is 37.6 Å². The lowest BCUT2D eigenvalue weighted by atomic mass is 10.2. The van der Waals surface area contributed by atoms with E-state index in [9.17, 15) is 0 Å². The number of rotatable bonds is 3. The summed E-state index contributed by atoms with van der Waals surface area (Å²) in [7, 11) is 0. The molecule has 3 N–H and O–H groups in total. The monoisotopic (exact) mass is 388 g/mol.